The van der Waals surface area contributed by atoms with Gasteiger partial charge in [0.2, 0.25) is 0 Å². The van der Waals surface area contributed by atoms with Crippen LogP contribution in [-0.2, 0) is 9.53 Å². The van der Waals surface area contributed by atoms with Gasteiger partial charge in [0.05, 0.1) is 17.9 Å². The molecular formula is C11H9F2NO3. The predicted molar refractivity (Wildman–Crippen MR) is 54.9 cm³/mol. The van der Waals surface area contributed by atoms with Gasteiger partial charge in [-0.2, -0.15) is 0 Å². The van der Waals surface area contributed by atoms with Crippen LogP contribution >= 0.6 is 0 Å². The van der Waals surface area contributed by atoms with E-state index in [9.17, 15) is 18.4 Å². The molecule has 0 aliphatic carbocycles. The number of carbonyl (C=O) groups excluding carboxylic acids is 2. The van der Waals surface area contributed by atoms with E-state index < -0.39 is 23.3 Å². The van der Waals surface area contributed by atoms with E-state index in [0.29, 0.717) is 6.07 Å². The van der Waals surface area contributed by atoms with Crippen LogP contribution in [0.15, 0.2) is 12.1 Å². The number of methoxy groups -OCH3 is 1. The first kappa shape index (κ1) is 11.7. The van der Waals surface area contributed by atoms with E-state index in [1.165, 1.54) is 7.11 Å². The summed E-state index contributed by atoms with van der Waals surface area (Å²) >= 11 is 0. The van der Waals surface area contributed by atoms with Crippen molar-refractivity contribution < 1.29 is 23.1 Å². The van der Waals surface area contributed by atoms with E-state index in [4.69, 9.17) is 4.74 Å². The number of anilines is 1. The van der Waals surface area contributed by atoms with Gasteiger partial charge in [-0.05, 0) is 6.07 Å². The number of fused-ring (bicyclic) bond motifs is 1. The van der Waals surface area contributed by atoms with Crippen LogP contribution in [0.3, 0.4) is 0 Å². The van der Waals surface area contributed by atoms with Gasteiger partial charge in [0, 0.05) is 19.7 Å². The monoisotopic (exact) mass is 241 g/mol. The first-order valence-corrected chi connectivity index (χ1v) is 4.90. The standard InChI is InChI=1S/C11H9F2NO3/c1-17-3-2-14-9-7(10(15)11(14)16)4-6(12)5-8(9)13/h4-5H,2-3H2,1H3. The maximum absolute atomic E-state index is 13.5. The Morgan fingerprint density at radius 3 is 2.65 bits per heavy atom. The maximum atomic E-state index is 13.5. The van der Waals surface area contributed by atoms with Gasteiger partial charge < -0.3 is 4.74 Å². The van der Waals surface area contributed by atoms with Gasteiger partial charge in [0.1, 0.15) is 5.82 Å². The molecular weight excluding hydrogens is 232 g/mol. The normalized spacial score (nSPS) is 14.4. The molecule has 1 heterocycles. The van der Waals surface area contributed by atoms with Crippen molar-refractivity contribution in [1.29, 1.82) is 0 Å². The van der Waals surface area contributed by atoms with E-state index in [1.807, 2.05) is 0 Å². The van der Waals surface area contributed by atoms with Crippen LogP contribution in [0.5, 0.6) is 0 Å². The lowest BCUT2D eigenvalue weighted by Gasteiger charge is -2.16. The Hall–Kier alpha value is -1.82. The van der Waals surface area contributed by atoms with Crippen molar-refractivity contribution in [3.63, 3.8) is 0 Å². The molecule has 0 radical (unpaired) electrons. The fraction of sp³-hybridized carbons (Fsp3) is 0.273. The summed E-state index contributed by atoms with van der Waals surface area (Å²) < 4.78 is 31.3. The SMILES string of the molecule is COCCN1C(=O)C(=O)c2cc(F)cc(F)c21. The summed E-state index contributed by atoms with van der Waals surface area (Å²) in [6, 6.07) is 1.51. The molecule has 1 aliphatic heterocycles. The predicted octanol–water partition coefficient (Wildman–Crippen LogP) is 1.14. The van der Waals surface area contributed by atoms with Crippen molar-refractivity contribution in [3.05, 3.63) is 29.3 Å². The smallest absolute Gasteiger partial charge is 0.299 e. The highest BCUT2D eigenvalue weighted by molar-refractivity contribution is 6.52. The van der Waals surface area contributed by atoms with Gasteiger partial charge in [-0.15, -0.1) is 0 Å². The van der Waals surface area contributed by atoms with Crippen LogP contribution in [0.2, 0.25) is 0 Å². The number of amides is 1. The lowest BCUT2D eigenvalue weighted by atomic mass is 10.1. The summed E-state index contributed by atoms with van der Waals surface area (Å²) in [6.07, 6.45) is 0. The molecule has 0 spiro atoms. The molecule has 1 amide bonds. The van der Waals surface area contributed by atoms with E-state index >= 15 is 0 Å². The molecule has 1 aromatic carbocycles. The maximum Gasteiger partial charge on any atom is 0.299 e. The van der Waals surface area contributed by atoms with E-state index in [0.717, 1.165) is 11.0 Å². The first-order chi connectivity index (χ1) is 8.06. The Bertz CT molecular complexity index is 502. The summed E-state index contributed by atoms with van der Waals surface area (Å²) in [5.74, 6) is -3.55. The highest BCUT2D eigenvalue weighted by Gasteiger charge is 2.38. The largest absolute Gasteiger partial charge is 0.383 e. The number of hydrogen-bond acceptors (Lipinski definition) is 3. The first-order valence-electron chi connectivity index (χ1n) is 4.90. The summed E-state index contributed by atoms with van der Waals surface area (Å²) in [6.45, 7) is 0.214. The Kier molecular flexibility index (Phi) is 2.89. The molecule has 90 valence electrons. The molecule has 0 atom stereocenters. The minimum absolute atomic E-state index is 0.0522. The summed E-state index contributed by atoms with van der Waals surface area (Å²) in [5, 5.41) is 0. The van der Waals surface area contributed by atoms with Crippen LogP contribution in [0, 0.1) is 11.6 Å². The van der Waals surface area contributed by atoms with E-state index in [1.54, 1.807) is 0 Å². The molecule has 0 saturated heterocycles. The Morgan fingerprint density at radius 2 is 2.00 bits per heavy atom. The number of ether oxygens (including phenoxy) is 1. The van der Waals surface area contributed by atoms with Crippen molar-refractivity contribution in [2.45, 2.75) is 0 Å². The third-order valence-electron chi connectivity index (χ3n) is 2.50. The Morgan fingerprint density at radius 1 is 1.29 bits per heavy atom. The average molecular weight is 241 g/mol. The summed E-state index contributed by atoms with van der Waals surface area (Å²) in [5.41, 5.74) is -0.401. The topological polar surface area (TPSA) is 46.6 Å². The van der Waals surface area contributed by atoms with Crippen LogP contribution < -0.4 is 4.90 Å². The molecule has 6 heteroatoms. The second-order valence-corrected chi connectivity index (χ2v) is 3.56. The number of nitrogens with zero attached hydrogens (tertiary/aromatic N) is 1. The van der Waals surface area contributed by atoms with Gasteiger partial charge in [-0.3, -0.25) is 14.5 Å². The summed E-state index contributed by atoms with van der Waals surface area (Å²) in [7, 11) is 1.42. The molecule has 0 aromatic heterocycles. The molecule has 1 aromatic rings. The second kappa shape index (κ2) is 4.21. The molecule has 0 N–H and O–H groups in total. The van der Waals surface area contributed by atoms with Crippen LogP contribution in [-0.4, -0.2) is 32.0 Å². The van der Waals surface area contributed by atoms with Crippen molar-refractivity contribution in [3.8, 4) is 0 Å². The van der Waals surface area contributed by atoms with Gasteiger partial charge in [-0.25, -0.2) is 8.78 Å². The molecule has 0 bridgehead atoms. The Balaban J connectivity index is 2.48. The van der Waals surface area contributed by atoms with Gasteiger partial charge in [0.15, 0.2) is 5.82 Å². The fourth-order valence-corrected chi connectivity index (χ4v) is 1.75. The molecule has 2 rings (SSSR count). The number of Topliss-reactive ketones (excluding diaryl/α,β-unsaturated/α-hetero) is 1. The van der Waals surface area contributed by atoms with E-state index in [2.05, 4.69) is 0 Å². The zero-order chi connectivity index (χ0) is 12.6. The lowest BCUT2D eigenvalue weighted by Crippen LogP contribution is -2.33. The van der Waals surface area contributed by atoms with Gasteiger partial charge in [-0.1, -0.05) is 0 Å². The number of ketones is 1. The molecule has 0 fully saturated rings. The van der Waals surface area contributed by atoms with Gasteiger partial charge >= 0.3 is 0 Å². The third-order valence-corrected chi connectivity index (χ3v) is 2.50. The van der Waals surface area contributed by atoms with Crippen LogP contribution in [0.4, 0.5) is 14.5 Å². The van der Waals surface area contributed by atoms with E-state index in [-0.39, 0.29) is 24.4 Å². The van der Waals surface area contributed by atoms with Crippen molar-refractivity contribution in [2.24, 2.45) is 0 Å². The number of rotatable bonds is 3. The van der Waals surface area contributed by atoms with Crippen LogP contribution in [0.25, 0.3) is 0 Å². The quantitative estimate of drug-likeness (QED) is 0.745. The van der Waals surface area contributed by atoms with Crippen molar-refractivity contribution in [1.82, 2.24) is 0 Å². The minimum atomic E-state index is -0.921. The zero-order valence-electron chi connectivity index (χ0n) is 9.00. The fourth-order valence-electron chi connectivity index (χ4n) is 1.75. The zero-order valence-corrected chi connectivity index (χ0v) is 9.00. The number of benzene rings is 1. The molecule has 0 saturated carbocycles. The number of hydrogen-bond donors (Lipinski definition) is 0. The third kappa shape index (κ3) is 1.80. The molecule has 17 heavy (non-hydrogen) atoms. The van der Waals surface area contributed by atoms with Crippen molar-refractivity contribution >= 4 is 17.4 Å². The highest BCUT2D eigenvalue weighted by atomic mass is 19.1. The lowest BCUT2D eigenvalue weighted by molar-refractivity contribution is -0.114. The second-order valence-electron chi connectivity index (χ2n) is 3.56. The minimum Gasteiger partial charge on any atom is -0.383 e. The highest BCUT2D eigenvalue weighted by Crippen LogP contribution is 2.32. The number of carbonyl (C=O) groups is 2. The molecule has 1 aliphatic rings. The molecule has 4 nitrogen and oxygen atoms in total. The van der Waals surface area contributed by atoms with Gasteiger partial charge in [0.25, 0.3) is 11.7 Å². The number of halogens is 2. The molecule has 0 unspecified atom stereocenters. The summed E-state index contributed by atoms with van der Waals surface area (Å²) in [4.78, 5) is 24.0. The van der Waals surface area contributed by atoms with Crippen molar-refractivity contribution in [2.75, 3.05) is 25.2 Å². The average Bonchev–Trinajstić information content (AvgIpc) is 2.51. The van der Waals surface area contributed by atoms with Crippen LogP contribution in [0.1, 0.15) is 10.4 Å². The Labute approximate surface area is 95.8 Å².